The van der Waals surface area contributed by atoms with Crippen molar-refractivity contribution in [2.45, 2.75) is 12.5 Å². The second-order valence-corrected chi connectivity index (χ2v) is 1.60. The molecule has 4 heteroatoms. The second kappa shape index (κ2) is 4.26. The Morgan fingerprint density at radius 1 is 1.89 bits per heavy atom. The quantitative estimate of drug-likeness (QED) is 0.582. The van der Waals surface area contributed by atoms with Crippen molar-refractivity contribution in [2.24, 2.45) is 5.73 Å². The minimum atomic E-state index is -0.769. The molecule has 0 unspecified atom stereocenters. The zero-order valence-electron chi connectivity index (χ0n) is 5.26. The highest BCUT2D eigenvalue weighted by Gasteiger charge is 2.12. The van der Waals surface area contributed by atoms with E-state index in [1.165, 1.54) is 7.11 Å². The van der Waals surface area contributed by atoms with Gasteiger partial charge in [-0.2, -0.15) is 0 Å². The minimum absolute atomic E-state index is 0.0475. The average Bonchev–Trinajstić information content (AvgIpc) is 1.82. The van der Waals surface area contributed by atoms with Gasteiger partial charge in [0, 0.05) is 13.5 Å². The standard InChI is InChI=1S/C5H10FNO2/c1-9-4(2-3-6)5(7)8/h4H,2-3H2,1H3,(H2,7,8)/t4-/m1/s1. The van der Waals surface area contributed by atoms with Crippen molar-refractivity contribution in [3.63, 3.8) is 0 Å². The van der Waals surface area contributed by atoms with Crippen LogP contribution in [0.5, 0.6) is 0 Å². The molecule has 2 N–H and O–H groups in total. The van der Waals surface area contributed by atoms with Crippen LogP contribution in [0.25, 0.3) is 0 Å². The van der Waals surface area contributed by atoms with Gasteiger partial charge in [0.1, 0.15) is 6.10 Å². The molecule has 0 bridgehead atoms. The van der Waals surface area contributed by atoms with Crippen LogP contribution in [0, 0.1) is 0 Å². The number of hydrogen-bond donors (Lipinski definition) is 1. The summed E-state index contributed by atoms with van der Waals surface area (Å²) in [4.78, 5) is 10.3. The van der Waals surface area contributed by atoms with Gasteiger partial charge in [0.25, 0.3) is 0 Å². The highest BCUT2D eigenvalue weighted by molar-refractivity contribution is 5.78. The number of hydrogen-bond acceptors (Lipinski definition) is 2. The maximum Gasteiger partial charge on any atom is 0.246 e. The Morgan fingerprint density at radius 2 is 2.44 bits per heavy atom. The summed E-state index contributed by atoms with van der Waals surface area (Å²) in [6, 6.07) is 0. The molecule has 0 fully saturated rings. The first kappa shape index (κ1) is 8.36. The van der Waals surface area contributed by atoms with E-state index in [9.17, 15) is 9.18 Å². The van der Waals surface area contributed by atoms with Crippen LogP contribution in [-0.4, -0.2) is 25.8 Å². The van der Waals surface area contributed by atoms with E-state index in [0.717, 1.165) is 0 Å². The summed E-state index contributed by atoms with van der Waals surface area (Å²) in [7, 11) is 1.32. The van der Waals surface area contributed by atoms with E-state index in [-0.39, 0.29) is 6.42 Å². The molecule has 0 spiro atoms. The molecule has 3 nitrogen and oxygen atoms in total. The SMILES string of the molecule is CO[C@H](CCF)C(N)=O. The number of amides is 1. The van der Waals surface area contributed by atoms with Crippen LogP contribution >= 0.6 is 0 Å². The highest BCUT2D eigenvalue weighted by Crippen LogP contribution is 1.95. The number of halogens is 1. The molecule has 54 valence electrons. The Hall–Kier alpha value is -0.640. The van der Waals surface area contributed by atoms with Crippen LogP contribution in [0.2, 0.25) is 0 Å². The predicted octanol–water partition coefficient (Wildman–Crippen LogP) is -0.154. The zero-order chi connectivity index (χ0) is 7.28. The first-order valence-electron chi connectivity index (χ1n) is 2.60. The number of alkyl halides is 1. The van der Waals surface area contributed by atoms with Gasteiger partial charge < -0.3 is 10.5 Å². The van der Waals surface area contributed by atoms with Crippen molar-refractivity contribution in [2.75, 3.05) is 13.8 Å². The van der Waals surface area contributed by atoms with E-state index in [4.69, 9.17) is 5.73 Å². The summed E-state index contributed by atoms with van der Waals surface area (Å²) in [5.74, 6) is -0.616. The molecule has 1 amide bonds. The third kappa shape index (κ3) is 3.03. The first-order chi connectivity index (χ1) is 4.22. The lowest BCUT2D eigenvalue weighted by Crippen LogP contribution is -2.30. The van der Waals surface area contributed by atoms with Gasteiger partial charge in [-0.25, -0.2) is 0 Å². The molecule has 0 aromatic heterocycles. The zero-order valence-corrected chi connectivity index (χ0v) is 5.26. The van der Waals surface area contributed by atoms with Crippen LogP contribution in [0.3, 0.4) is 0 Å². The number of nitrogens with two attached hydrogens (primary N) is 1. The maximum atomic E-state index is 11.5. The minimum Gasteiger partial charge on any atom is -0.372 e. The van der Waals surface area contributed by atoms with Crippen LogP contribution in [-0.2, 0) is 9.53 Å². The summed E-state index contributed by atoms with van der Waals surface area (Å²) < 4.78 is 16.0. The fourth-order valence-corrected chi connectivity index (χ4v) is 0.475. The van der Waals surface area contributed by atoms with Crippen molar-refractivity contribution in [3.05, 3.63) is 0 Å². The molecule has 9 heavy (non-hydrogen) atoms. The first-order valence-corrected chi connectivity index (χ1v) is 2.60. The van der Waals surface area contributed by atoms with Gasteiger partial charge in [0.2, 0.25) is 5.91 Å². The summed E-state index contributed by atoms with van der Waals surface area (Å²) in [5, 5.41) is 0. The number of rotatable bonds is 4. The van der Waals surface area contributed by atoms with Gasteiger partial charge in [0.05, 0.1) is 6.67 Å². The number of carbonyl (C=O) groups excluding carboxylic acids is 1. The molecule has 0 aliphatic carbocycles. The van der Waals surface area contributed by atoms with Gasteiger partial charge in [-0.1, -0.05) is 0 Å². The van der Waals surface area contributed by atoms with E-state index in [1.54, 1.807) is 0 Å². The Labute approximate surface area is 53.0 Å². The molecular weight excluding hydrogens is 125 g/mol. The topological polar surface area (TPSA) is 52.3 Å². The van der Waals surface area contributed by atoms with Crippen molar-refractivity contribution in [1.29, 1.82) is 0 Å². The third-order valence-electron chi connectivity index (χ3n) is 0.973. The monoisotopic (exact) mass is 135 g/mol. The maximum absolute atomic E-state index is 11.5. The average molecular weight is 135 g/mol. The van der Waals surface area contributed by atoms with Gasteiger partial charge in [-0.3, -0.25) is 9.18 Å². The third-order valence-corrected chi connectivity index (χ3v) is 0.973. The fourth-order valence-electron chi connectivity index (χ4n) is 0.475. The number of carbonyl (C=O) groups is 1. The molecule has 0 heterocycles. The largest absolute Gasteiger partial charge is 0.372 e. The molecule has 0 radical (unpaired) electrons. The summed E-state index contributed by atoms with van der Waals surface area (Å²) >= 11 is 0. The van der Waals surface area contributed by atoms with E-state index in [1.807, 2.05) is 0 Å². The van der Waals surface area contributed by atoms with E-state index >= 15 is 0 Å². The molecule has 0 aliphatic rings. The molecular formula is C5H10FNO2. The van der Waals surface area contributed by atoms with Crippen LogP contribution in [0.4, 0.5) is 4.39 Å². The molecule has 1 atom stereocenters. The van der Waals surface area contributed by atoms with Crippen LogP contribution in [0.15, 0.2) is 0 Å². The Morgan fingerprint density at radius 3 is 2.56 bits per heavy atom. The molecule has 0 aromatic carbocycles. The molecule has 0 aromatic rings. The number of methoxy groups -OCH3 is 1. The van der Waals surface area contributed by atoms with Gasteiger partial charge >= 0.3 is 0 Å². The number of primary amides is 1. The smallest absolute Gasteiger partial charge is 0.246 e. The van der Waals surface area contributed by atoms with Crippen LogP contribution in [0.1, 0.15) is 6.42 Å². The number of ether oxygens (including phenoxy) is 1. The van der Waals surface area contributed by atoms with Gasteiger partial charge in [-0.15, -0.1) is 0 Å². The Bertz CT molecular complexity index is 97.0. The van der Waals surface area contributed by atoms with Crippen LogP contribution < -0.4 is 5.73 Å². The normalized spacial score (nSPS) is 13.1. The van der Waals surface area contributed by atoms with Crippen molar-refractivity contribution in [1.82, 2.24) is 0 Å². The Balaban J connectivity index is 3.54. The molecule has 0 saturated carbocycles. The highest BCUT2D eigenvalue weighted by atomic mass is 19.1. The van der Waals surface area contributed by atoms with E-state index < -0.39 is 18.7 Å². The van der Waals surface area contributed by atoms with Crippen molar-refractivity contribution < 1.29 is 13.9 Å². The van der Waals surface area contributed by atoms with Crippen molar-refractivity contribution >= 4 is 5.91 Å². The molecule has 0 aliphatic heterocycles. The van der Waals surface area contributed by atoms with Gasteiger partial charge in [0.15, 0.2) is 0 Å². The lowest BCUT2D eigenvalue weighted by atomic mass is 10.2. The lowest BCUT2D eigenvalue weighted by Gasteiger charge is -2.06. The summed E-state index contributed by atoms with van der Waals surface area (Å²) in [6.45, 7) is -0.582. The fraction of sp³-hybridized carbons (Fsp3) is 0.800. The summed E-state index contributed by atoms with van der Waals surface area (Å²) in [5.41, 5.74) is 4.80. The van der Waals surface area contributed by atoms with E-state index in [2.05, 4.69) is 4.74 Å². The van der Waals surface area contributed by atoms with E-state index in [0.29, 0.717) is 0 Å². The molecule has 0 saturated heterocycles. The lowest BCUT2D eigenvalue weighted by molar-refractivity contribution is -0.128. The summed E-state index contributed by atoms with van der Waals surface area (Å²) in [6.07, 6.45) is -0.721. The second-order valence-electron chi connectivity index (χ2n) is 1.60. The predicted molar refractivity (Wildman–Crippen MR) is 30.6 cm³/mol. The van der Waals surface area contributed by atoms with Gasteiger partial charge in [-0.05, 0) is 0 Å². The molecule has 0 rings (SSSR count). The van der Waals surface area contributed by atoms with Crippen molar-refractivity contribution in [3.8, 4) is 0 Å². The Kier molecular flexibility index (Phi) is 3.96.